The lowest BCUT2D eigenvalue weighted by molar-refractivity contribution is -0.384. The van der Waals surface area contributed by atoms with Crippen molar-refractivity contribution in [2.45, 2.75) is 11.4 Å². The van der Waals surface area contributed by atoms with Crippen LogP contribution in [0.25, 0.3) is 0 Å². The van der Waals surface area contributed by atoms with Crippen LogP contribution in [0.4, 0.5) is 17.1 Å². The largest absolute Gasteiger partial charge is 0.365 e. The van der Waals surface area contributed by atoms with Crippen LogP contribution >= 0.6 is 0 Å². The maximum absolute atomic E-state index is 12.9. The van der Waals surface area contributed by atoms with Crippen LogP contribution in [0.3, 0.4) is 0 Å². The number of piperazine rings is 1. The summed E-state index contributed by atoms with van der Waals surface area (Å²) in [4.78, 5) is 25.0. The van der Waals surface area contributed by atoms with Crippen LogP contribution in [-0.2, 0) is 16.6 Å². The van der Waals surface area contributed by atoms with Crippen molar-refractivity contribution in [1.29, 1.82) is 0 Å². The zero-order chi connectivity index (χ0) is 22.8. The summed E-state index contributed by atoms with van der Waals surface area (Å²) in [6.07, 6.45) is 0. The molecule has 1 heterocycles. The standard InChI is InChI=1S/C19H23N5O6S/c1-20-8-10-22(11-9-20)31(29,30)17-6-7-18(19(13-17)24(27)28)21(2)14-15-4-3-5-16(12-15)23(25)26/h3-7,12-13H,8-11,14H2,1-2H3. The second-order valence-electron chi connectivity index (χ2n) is 7.40. The number of nitro benzene ring substituents is 2. The third-order valence-corrected chi connectivity index (χ3v) is 7.09. The van der Waals surface area contributed by atoms with E-state index in [0.717, 1.165) is 6.07 Å². The fourth-order valence-electron chi connectivity index (χ4n) is 3.44. The molecule has 0 aromatic heterocycles. The molecule has 11 nitrogen and oxygen atoms in total. The number of rotatable bonds is 7. The first kappa shape index (κ1) is 22.6. The van der Waals surface area contributed by atoms with Crippen LogP contribution in [0.5, 0.6) is 0 Å². The minimum Gasteiger partial charge on any atom is -0.365 e. The summed E-state index contributed by atoms with van der Waals surface area (Å²) < 4.78 is 27.2. The first-order valence-electron chi connectivity index (χ1n) is 9.51. The zero-order valence-corrected chi connectivity index (χ0v) is 18.0. The Morgan fingerprint density at radius 1 is 1.00 bits per heavy atom. The molecule has 0 atom stereocenters. The highest BCUT2D eigenvalue weighted by atomic mass is 32.2. The van der Waals surface area contributed by atoms with Crippen molar-refractivity contribution in [2.75, 3.05) is 45.2 Å². The molecule has 1 fully saturated rings. The van der Waals surface area contributed by atoms with Gasteiger partial charge < -0.3 is 9.80 Å². The number of non-ortho nitro benzene ring substituents is 1. The summed E-state index contributed by atoms with van der Waals surface area (Å²) in [5.41, 5.74) is 0.395. The molecule has 0 unspecified atom stereocenters. The first-order chi connectivity index (χ1) is 14.6. The van der Waals surface area contributed by atoms with Gasteiger partial charge in [-0.15, -0.1) is 0 Å². The van der Waals surface area contributed by atoms with E-state index < -0.39 is 19.9 Å². The molecule has 2 aromatic rings. The highest BCUT2D eigenvalue weighted by molar-refractivity contribution is 7.89. The van der Waals surface area contributed by atoms with Crippen LogP contribution in [0.15, 0.2) is 47.4 Å². The molecule has 1 saturated heterocycles. The molecular weight excluding hydrogens is 426 g/mol. The Hall–Kier alpha value is -3.09. The molecule has 12 heteroatoms. The molecule has 0 bridgehead atoms. The molecule has 0 amide bonds. The third kappa shape index (κ3) is 4.98. The molecule has 31 heavy (non-hydrogen) atoms. The SMILES string of the molecule is CN1CCN(S(=O)(=O)c2ccc(N(C)Cc3cccc([N+](=O)[O-])c3)c([N+](=O)[O-])c2)CC1. The lowest BCUT2D eigenvalue weighted by Gasteiger charge is -2.31. The van der Waals surface area contributed by atoms with Crippen molar-refractivity contribution in [3.05, 3.63) is 68.3 Å². The lowest BCUT2D eigenvalue weighted by atomic mass is 10.1. The molecule has 0 aliphatic carbocycles. The van der Waals surface area contributed by atoms with Gasteiger partial charge in [-0.05, 0) is 24.7 Å². The van der Waals surface area contributed by atoms with Gasteiger partial charge >= 0.3 is 0 Å². The fraction of sp³-hybridized carbons (Fsp3) is 0.368. The van der Waals surface area contributed by atoms with Crippen LogP contribution in [-0.4, -0.2) is 67.7 Å². The molecule has 0 radical (unpaired) electrons. The van der Waals surface area contributed by atoms with E-state index in [-0.39, 0.29) is 28.5 Å². The second-order valence-corrected chi connectivity index (χ2v) is 9.34. The Balaban J connectivity index is 1.89. The highest BCUT2D eigenvalue weighted by Gasteiger charge is 2.30. The van der Waals surface area contributed by atoms with Crippen LogP contribution in [0, 0.1) is 20.2 Å². The van der Waals surface area contributed by atoms with Crippen molar-refractivity contribution >= 4 is 27.1 Å². The maximum atomic E-state index is 12.9. The van der Waals surface area contributed by atoms with Crippen molar-refractivity contribution in [3.63, 3.8) is 0 Å². The molecule has 0 N–H and O–H groups in total. The number of nitro groups is 2. The van der Waals surface area contributed by atoms with E-state index in [1.807, 2.05) is 11.9 Å². The van der Waals surface area contributed by atoms with E-state index in [1.165, 1.54) is 28.6 Å². The van der Waals surface area contributed by atoms with E-state index in [2.05, 4.69) is 0 Å². The molecule has 0 saturated carbocycles. The molecule has 3 rings (SSSR count). The van der Waals surface area contributed by atoms with Gasteiger partial charge in [-0.1, -0.05) is 12.1 Å². The quantitative estimate of drug-likeness (QED) is 0.464. The minimum atomic E-state index is -3.85. The fourth-order valence-corrected chi connectivity index (χ4v) is 4.88. The number of likely N-dealkylation sites (N-methyl/N-ethyl adjacent to an activating group) is 1. The van der Waals surface area contributed by atoms with E-state index in [9.17, 15) is 28.6 Å². The lowest BCUT2D eigenvalue weighted by Crippen LogP contribution is -2.47. The Bertz CT molecular complexity index is 1100. The van der Waals surface area contributed by atoms with Crippen molar-refractivity contribution in [1.82, 2.24) is 9.21 Å². The topological polar surface area (TPSA) is 130 Å². The van der Waals surface area contributed by atoms with Gasteiger partial charge in [-0.3, -0.25) is 20.2 Å². The summed E-state index contributed by atoms with van der Waals surface area (Å²) in [6.45, 7) is 1.99. The first-order valence-corrected chi connectivity index (χ1v) is 10.9. The predicted molar refractivity (Wildman–Crippen MR) is 115 cm³/mol. The highest BCUT2D eigenvalue weighted by Crippen LogP contribution is 2.32. The minimum absolute atomic E-state index is 0.0750. The Morgan fingerprint density at radius 3 is 2.29 bits per heavy atom. The van der Waals surface area contributed by atoms with Gasteiger partial charge in [-0.2, -0.15) is 4.31 Å². The van der Waals surface area contributed by atoms with E-state index in [4.69, 9.17) is 0 Å². The number of benzene rings is 2. The average Bonchev–Trinajstić information content (AvgIpc) is 2.73. The normalized spacial score (nSPS) is 15.5. The average molecular weight is 449 g/mol. The molecule has 166 valence electrons. The number of hydrogen-bond donors (Lipinski definition) is 0. The van der Waals surface area contributed by atoms with Gasteiger partial charge in [0.15, 0.2) is 0 Å². The number of anilines is 1. The monoisotopic (exact) mass is 449 g/mol. The van der Waals surface area contributed by atoms with Crippen LogP contribution in [0.2, 0.25) is 0 Å². The van der Waals surface area contributed by atoms with Gasteiger partial charge in [-0.25, -0.2) is 8.42 Å². The molecule has 0 spiro atoms. The summed E-state index contributed by atoms with van der Waals surface area (Å²) in [5.74, 6) is 0. The number of sulfonamides is 1. The molecular formula is C19H23N5O6S. The van der Waals surface area contributed by atoms with Crippen molar-refractivity contribution in [3.8, 4) is 0 Å². The summed E-state index contributed by atoms with van der Waals surface area (Å²) >= 11 is 0. The molecule has 1 aliphatic heterocycles. The zero-order valence-electron chi connectivity index (χ0n) is 17.2. The molecule has 1 aliphatic rings. The van der Waals surface area contributed by atoms with E-state index in [1.54, 1.807) is 24.1 Å². The smallest absolute Gasteiger partial charge is 0.293 e. The number of hydrogen-bond acceptors (Lipinski definition) is 8. The van der Waals surface area contributed by atoms with E-state index >= 15 is 0 Å². The van der Waals surface area contributed by atoms with Crippen LogP contribution in [0.1, 0.15) is 5.56 Å². The third-order valence-electron chi connectivity index (χ3n) is 5.20. The van der Waals surface area contributed by atoms with Crippen molar-refractivity contribution < 1.29 is 18.3 Å². The van der Waals surface area contributed by atoms with Gasteiger partial charge in [0.25, 0.3) is 11.4 Å². The second kappa shape index (κ2) is 8.96. The Kier molecular flexibility index (Phi) is 6.53. The van der Waals surface area contributed by atoms with Crippen LogP contribution < -0.4 is 4.90 Å². The Morgan fingerprint density at radius 2 is 1.68 bits per heavy atom. The maximum Gasteiger partial charge on any atom is 0.293 e. The van der Waals surface area contributed by atoms with Crippen molar-refractivity contribution in [2.24, 2.45) is 0 Å². The summed E-state index contributed by atoms with van der Waals surface area (Å²) in [7, 11) is -0.339. The summed E-state index contributed by atoms with van der Waals surface area (Å²) in [5, 5.41) is 22.7. The Labute approximate surface area is 179 Å². The van der Waals surface area contributed by atoms with Gasteiger partial charge in [0, 0.05) is 58.0 Å². The van der Waals surface area contributed by atoms with Gasteiger partial charge in [0.1, 0.15) is 5.69 Å². The molecule has 2 aromatic carbocycles. The summed E-state index contributed by atoms with van der Waals surface area (Å²) in [6, 6.07) is 9.83. The van der Waals surface area contributed by atoms with E-state index in [0.29, 0.717) is 31.7 Å². The van der Waals surface area contributed by atoms with Gasteiger partial charge in [0.2, 0.25) is 10.0 Å². The number of nitrogens with zero attached hydrogens (tertiary/aromatic N) is 5. The predicted octanol–water partition coefficient (Wildman–Crippen LogP) is 2.08. The van der Waals surface area contributed by atoms with Gasteiger partial charge in [0.05, 0.1) is 14.7 Å².